The lowest BCUT2D eigenvalue weighted by molar-refractivity contribution is -0.138. The number of aromatic nitrogens is 1. The Kier molecular flexibility index (Phi) is 8.02. The van der Waals surface area contributed by atoms with E-state index in [9.17, 15) is 9.59 Å². The summed E-state index contributed by atoms with van der Waals surface area (Å²) in [6.07, 6.45) is 1.73. The van der Waals surface area contributed by atoms with E-state index in [4.69, 9.17) is 18.9 Å². The fraction of sp³-hybridized carbons (Fsp3) is 0.258. The molecule has 1 aliphatic heterocycles. The predicted octanol–water partition coefficient (Wildman–Crippen LogP) is 4.38. The molecule has 40 heavy (non-hydrogen) atoms. The number of rotatable bonds is 9. The zero-order chi connectivity index (χ0) is 28.2. The summed E-state index contributed by atoms with van der Waals surface area (Å²) in [6, 6.07) is 19.8. The quantitative estimate of drug-likeness (QED) is 0.284. The largest absolute Gasteiger partial charge is 0.497 e. The third-order valence-corrected chi connectivity index (χ3v) is 7.75. The molecule has 8 nitrogen and oxygen atoms in total. The molecular formula is C31H31N3O5S. The van der Waals surface area contributed by atoms with Crippen LogP contribution in [0.4, 0.5) is 5.88 Å². The van der Waals surface area contributed by atoms with E-state index in [0.717, 1.165) is 30.1 Å². The summed E-state index contributed by atoms with van der Waals surface area (Å²) >= 11 is 1.26. The van der Waals surface area contributed by atoms with Crippen molar-refractivity contribution in [1.29, 1.82) is 0 Å². The number of carbonyl (C=O) groups is 1. The molecule has 0 radical (unpaired) electrons. The molecule has 4 aromatic rings. The van der Waals surface area contributed by atoms with Gasteiger partial charge < -0.3 is 18.8 Å². The molecule has 5 rings (SSSR count). The van der Waals surface area contributed by atoms with Crippen LogP contribution in [0.25, 0.3) is 11.8 Å². The number of nitrogens with zero attached hydrogens (tertiary/aromatic N) is 3. The monoisotopic (exact) mass is 557 g/mol. The number of benzene rings is 2. The first kappa shape index (κ1) is 27.2. The van der Waals surface area contributed by atoms with Gasteiger partial charge in [-0.1, -0.05) is 53.8 Å². The van der Waals surface area contributed by atoms with Gasteiger partial charge in [0, 0.05) is 30.8 Å². The molecule has 9 heteroatoms. The Morgan fingerprint density at radius 2 is 1.77 bits per heavy atom. The maximum atomic E-state index is 14.0. The Morgan fingerprint density at radius 3 is 2.42 bits per heavy atom. The summed E-state index contributed by atoms with van der Waals surface area (Å²) in [5.41, 5.74) is 2.02. The molecule has 1 atom stereocenters. The number of carbonyl (C=O) groups excluding carboxylic acids is 1. The van der Waals surface area contributed by atoms with E-state index >= 15 is 0 Å². The van der Waals surface area contributed by atoms with Crippen LogP contribution in [-0.4, -0.2) is 37.3 Å². The van der Waals surface area contributed by atoms with Crippen LogP contribution in [0, 0.1) is 0 Å². The molecule has 0 N–H and O–H groups in total. The van der Waals surface area contributed by atoms with Gasteiger partial charge in [0.1, 0.15) is 11.5 Å². The van der Waals surface area contributed by atoms with Crippen LogP contribution in [0.3, 0.4) is 0 Å². The summed E-state index contributed by atoms with van der Waals surface area (Å²) < 4.78 is 18.9. The normalized spacial score (nSPS) is 15.0. The second-order valence-corrected chi connectivity index (χ2v) is 10.1. The first-order chi connectivity index (χ1) is 19.5. The minimum Gasteiger partial charge on any atom is -0.497 e. The fourth-order valence-electron chi connectivity index (χ4n) is 4.80. The molecule has 3 heterocycles. The topological polar surface area (TPSA) is 86.3 Å². The van der Waals surface area contributed by atoms with E-state index in [1.54, 1.807) is 24.7 Å². The highest BCUT2D eigenvalue weighted by atomic mass is 32.1. The molecule has 0 fully saturated rings. The standard InChI is InChI=1S/C31H31N3O5S/c1-5-33(6-2)25-18-17-23(39-25)19-24-29(35)34-28(21-13-15-22(37-4)16-14-21)26(30(36)38-7-3)27(32-31(34)40-24)20-11-9-8-10-12-20/h8-19,28H,5-7H2,1-4H3. The molecular weight excluding hydrogens is 526 g/mol. The van der Waals surface area contributed by atoms with Crippen LogP contribution in [0.1, 0.15) is 43.7 Å². The second-order valence-electron chi connectivity index (χ2n) is 9.05. The average molecular weight is 558 g/mol. The third kappa shape index (κ3) is 5.12. The molecule has 0 saturated heterocycles. The van der Waals surface area contributed by atoms with Crippen molar-refractivity contribution in [2.75, 3.05) is 31.7 Å². The highest BCUT2D eigenvalue weighted by Crippen LogP contribution is 2.35. The van der Waals surface area contributed by atoms with Crippen molar-refractivity contribution in [3.05, 3.63) is 109 Å². The van der Waals surface area contributed by atoms with E-state index < -0.39 is 12.0 Å². The van der Waals surface area contributed by atoms with E-state index in [0.29, 0.717) is 32.1 Å². The lowest BCUT2D eigenvalue weighted by Gasteiger charge is -2.26. The number of thiazole rings is 1. The minimum absolute atomic E-state index is 0.192. The number of furan rings is 1. The molecule has 0 aliphatic carbocycles. The molecule has 0 saturated carbocycles. The van der Waals surface area contributed by atoms with E-state index in [1.165, 1.54) is 11.3 Å². The van der Waals surface area contributed by atoms with Gasteiger partial charge in [0.2, 0.25) is 0 Å². The summed E-state index contributed by atoms with van der Waals surface area (Å²) in [4.78, 5) is 35.0. The number of fused-ring (bicyclic) bond motifs is 1. The highest BCUT2D eigenvalue weighted by Gasteiger charge is 2.35. The van der Waals surface area contributed by atoms with Gasteiger partial charge in [-0.25, -0.2) is 9.79 Å². The maximum Gasteiger partial charge on any atom is 0.338 e. The number of hydrogen-bond acceptors (Lipinski definition) is 8. The van der Waals surface area contributed by atoms with Crippen LogP contribution < -0.4 is 24.5 Å². The molecule has 1 unspecified atom stereocenters. The van der Waals surface area contributed by atoms with Crippen LogP contribution in [0.5, 0.6) is 5.75 Å². The fourth-order valence-corrected chi connectivity index (χ4v) is 5.78. The van der Waals surface area contributed by atoms with Gasteiger partial charge in [-0.15, -0.1) is 0 Å². The zero-order valence-electron chi connectivity index (χ0n) is 22.9. The van der Waals surface area contributed by atoms with Gasteiger partial charge in [-0.05, 0) is 44.5 Å². The summed E-state index contributed by atoms with van der Waals surface area (Å²) in [5, 5.41) is 0. The Labute approximate surface area is 236 Å². The van der Waals surface area contributed by atoms with E-state index in [2.05, 4.69) is 18.7 Å². The minimum atomic E-state index is -0.749. The van der Waals surface area contributed by atoms with Crippen molar-refractivity contribution < 1.29 is 18.7 Å². The van der Waals surface area contributed by atoms with Crippen LogP contribution in [0.2, 0.25) is 0 Å². The smallest absolute Gasteiger partial charge is 0.338 e. The van der Waals surface area contributed by atoms with Gasteiger partial charge in [-0.2, -0.15) is 0 Å². The van der Waals surface area contributed by atoms with Gasteiger partial charge in [0.05, 0.1) is 35.6 Å². The Morgan fingerprint density at radius 1 is 1.05 bits per heavy atom. The molecule has 2 aromatic carbocycles. The zero-order valence-corrected chi connectivity index (χ0v) is 23.7. The van der Waals surface area contributed by atoms with Crippen molar-refractivity contribution in [1.82, 2.24) is 4.57 Å². The van der Waals surface area contributed by atoms with Gasteiger partial charge >= 0.3 is 5.97 Å². The predicted molar refractivity (Wildman–Crippen MR) is 156 cm³/mol. The number of methoxy groups -OCH3 is 1. The first-order valence-electron chi connectivity index (χ1n) is 13.3. The SMILES string of the molecule is CCOC(=O)C1=C(c2ccccc2)N=c2sc(=Cc3ccc(N(CC)CC)o3)c(=O)n2C1c1ccc(OC)cc1. The molecule has 0 spiro atoms. The van der Waals surface area contributed by atoms with Gasteiger partial charge in [-0.3, -0.25) is 9.36 Å². The molecule has 0 amide bonds. The number of ether oxygens (including phenoxy) is 2. The van der Waals surface area contributed by atoms with Crippen LogP contribution in [-0.2, 0) is 9.53 Å². The van der Waals surface area contributed by atoms with Crippen molar-refractivity contribution in [3.63, 3.8) is 0 Å². The Balaban J connectivity index is 1.75. The van der Waals surface area contributed by atoms with Crippen LogP contribution in [0.15, 0.2) is 86.5 Å². The summed E-state index contributed by atoms with van der Waals surface area (Å²) in [6.45, 7) is 7.70. The number of anilines is 1. The summed E-state index contributed by atoms with van der Waals surface area (Å²) in [7, 11) is 1.59. The molecule has 206 valence electrons. The third-order valence-electron chi connectivity index (χ3n) is 6.77. The van der Waals surface area contributed by atoms with Crippen LogP contribution >= 0.6 is 11.3 Å². The number of esters is 1. The number of hydrogen-bond donors (Lipinski definition) is 0. The maximum absolute atomic E-state index is 14.0. The molecule has 1 aliphatic rings. The van der Waals surface area contributed by atoms with Crippen molar-refractivity contribution in [3.8, 4) is 5.75 Å². The lowest BCUT2D eigenvalue weighted by atomic mass is 9.93. The second kappa shape index (κ2) is 11.8. The van der Waals surface area contributed by atoms with E-state index in [-0.39, 0.29) is 12.2 Å². The Bertz CT molecular complexity index is 1710. The van der Waals surface area contributed by atoms with Crippen molar-refractivity contribution in [2.24, 2.45) is 4.99 Å². The molecule has 0 bridgehead atoms. The summed E-state index contributed by atoms with van der Waals surface area (Å²) in [5.74, 6) is 1.47. The molecule has 2 aromatic heterocycles. The Hall–Kier alpha value is -4.37. The van der Waals surface area contributed by atoms with Crippen molar-refractivity contribution in [2.45, 2.75) is 26.8 Å². The van der Waals surface area contributed by atoms with E-state index in [1.807, 2.05) is 66.7 Å². The average Bonchev–Trinajstić information content (AvgIpc) is 3.57. The highest BCUT2D eigenvalue weighted by molar-refractivity contribution is 7.07. The lowest BCUT2D eigenvalue weighted by Crippen LogP contribution is -2.40. The van der Waals surface area contributed by atoms with Gasteiger partial charge in [0.25, 0.3) is 5.56 Å². The van der Waals surface area contributed by atoms with Gasteiger partial charge in [0.15, 0.2) is 10.7 Å². The van der Waals surface area contributed by atoms with Crippen molar-refractivity contribution >= 4 is 35.0 Å². The first-order valence-corrected chi connectivity index (χ1v) is 14.1.